The molecule has 2 aromatic carbocycles. The number of aryl methyl sites for hydroxylation is 2. The van der Waals surface area contributed by atoms with Gasteiger partial charge in [0.2, 0.25) is 17.7 Å². The molecule has 240 valence electrons. The van der Waals surface area contributed by atoms with Crippen LogP contribution in [0.3, 0.4) is 0 Å². The van der Waals surface area contributed by atoms with Crippen LogP contribution >= 0.6 is 0 Å². The number of hydrogen-bond donors (Lipinski definition) is 1. The standard InChI is InChI=1S/C34H43N5O5S/c1-8-30(40)38(7)24-16-25(17-24)39-26(19-34(4,5)6)20-44-29-18-28(31-21(2)11-9-12-22(31)3)35-33(36-29)37-45(42,43)27-14-10-13-23(15-27)32(39)41/h9-15,18,24-26H,8,16-17,19-20H2,1-7H3,(H,35,36,37)/t24?,25?,26-/m1/s1. The van der Waals surface area contributed by atoms with E-state index in [2.05, 4.69) is 35.5 Å². The summed E-state index contributed by atoms with van der Waals surface area (Å²) in [6, 6.07) is 13.2. The van der Waals surface area contributed by atoms with E-state index in [1.54, 1.807) is 23.1 Å². The number of ether oxygens (including phenoxy) is 1. The summed E-state index contributed by atoms with van der Waals surface area (Å²) in [5, 5.41) is 0. The highest BCUT2D eigenvalue weighted by Crippen LogP contribution is 2.36. The molecular weight excluding hydrogens is 590 g/mol. The van der Waals surface area contributed by atoms with E-state index in [1.165, 1.54) is 12.1 Å². The number of benzene rings is 2. The first-order valence-corrected chi connectivity index (χ1v) is 16.9. The quantitative estimate of drug-likeness (QED) is 0.388. The summed E-state index contributed by atoms with van der Waals surface area (Å²) in [4.78, 5) is 39.4. The van der Waals surface area contributed by atoms with Crippen LogP contribution in [0.1, 0.15) is 74.9 Å². The van der Waals surface area contributed by atoms with Crippen LogP contribution in [0.2, 0.25) is 0 Å². The monoisotopic (exact) mass is 633 g/mol. The second kappa shape index (κ2) is 12.4. The Balaban J connectivity index is 1.62. The van der Waals surface area contributed by atoms with Gasteiger partial charge in [0.1, 0.15) is 6.61 Å². The van der Waals surface area contributed by atoms with Crippen LogP contribution < -0.4 is 9.46 Å². The maximum atomic E-state index is 14.4. The summed E-state index contributed by atoms with van der Waals surface area (Å²) in [5.74, 6) is -0.117. The molecular formula is C34H43N5O5S. The third-order valence-electron chi connectivity index (χ3n) is 8.68. The van der Waals surface area contributed by atoms with Gasteiger partial charge in [-0.1, -0.05) is 52.0 Å². The number of sulfonamides is 1. The maximum absolute atomic E-state index is 14.4. The average Bonchev–Trinajstić information content (AvgIpc) is 2.94. The molecule has 1 saturated carbocycles. The second-order valence-electron chi connectivity index (χ2n) is 13.4. The van der Waals surface area contributed by atoms with Gasteiger partial charge in [0.25, 0.3) is 15.9 Å². The van der Waals surface area contributed by atoms with Crippen molar-refractivity contribution in [3.63, 3.8) is 0 Å². The molecule has 2 aliphatic rings. The Hall–Kier alpha value is -3.99. The number of nitrogens with zero attached hydrogens (tertiary/aromatic N) is 4. The Morgan fingerprint density at radius 2 is 1.73 bits per heavy atom. The van der Waals surface area contributed by atoms with Crippen molar-refractivity contribution in [3.05, 3.63) is 65.2 Å². The smallest absolute Gasteiger partial charge is 0.264 e. The van der Waals surface area contributed by atoms with Gasteiger partial charge < -0.3 is 14.5 Å². The van der Waals surface area contributed by atoms with Crippen molar-refractivity contribution in [2.45, 2.75) is 90.2 Å². The van der Waals surface area contributed by atoms with Gasteiger partial charge in [-0.25, -0.2) is 18.1 Å². The van der Waals surface area contributed by atoms with E-state index in [1.807, 2.05) is 50.9 Å². The zero-order valence-electron chi connectivity index (χ0n) is 27.1. The summed E-state index contributed by atoms with van der Waals surface area (Å²) in [5.41, 5.74) is 3.46. The van der Waals surface area contributed by atoms with Crippen molar-refractivity contribution in [2.75, 3.05) is 18.4 Å². The minimum absolute atomic E-state index is 0.0243. The van der Waals surface area contributed by atoms with Gasteiger partial charge in [-0.05, 0) is 67.9 Å². The summed E-state index contributed by atoms with van der Waals surface area (Å²) in [6.45, 7) is 12.3. The summed E-state index contributed by atoms with van der Waals surface area (Å²) < 4.78 is 36.1. The lowest BCUT2D eigenvalue weighted by Crippen LogP contribution is -2.60. The van der Waals surface area contributed by atoms with Gasteiger partial charge in [-0.15, -0.1) is 0 Å². The van der Waals surface area contributed by atoms with Crippen molar-refractivity contribution in [3.8, 4) is 17.1 Å². The molecule has 0 radical (unpaired) electrons. The number of fused-ring (bicyclic) bond motifs is 4. The molecule has 45 heavy (non-hydrogen) atoms. The van der Waals surface area contributed by atoms with Crippen LogP contribution in [0.25, 0.3) is 11.3 Å². The largest absolute Gasteiger partial charge is 0.475 e. The van der Waals surface area contributed by atoms with Crippen molar-refractivity contribution in [2.24, 2.45) is 5.41 Å². The first-order chi connectivity index (χ1) is 21.2. The van der Waals surface area contributed by atoms with Crippen molar-refractivity contribution < 1.29 is 22.7 Å². The molecule has 1 fully saturated rings. The molecule has 3 aromatic rings. The predicted octanol–water partition coefficient (Wildman–Crippen LogP) is 5.60. The van der Waals surface area contributed by atoms with Crippen molar-refractivity contribution >= 4 is 27.8 Å². The van der Waals surface area contributed by atoms with Gasteiger partial charge in [-0.3, -0.25) is 9.59 Å². The molecule has 1 aromatic heterocycles. The molecule has 1 atom stereocenters. The van der Waals surface area contributed by atoms with Crippen molar-refractivity contribution in [1.29, 1.82) is 0 Å². The highest BCUT2D eigenvalue weighted by Gasteiger charge is 2.43. The number of nitrogens with one attached hydrogen (secondary N) is 1. The van der Waals surface area contributed by atoms with Crippen LogP contribution in [-0.2, 0) is 14.8 Å². The van der Waals surface area contributed by atoms with Gasteiger partial charge >= 0.3 is 0 Å². The summed E-state index contributed by atoms with van der Waals surface area (Å²) in [6.07, 6.45) is 2.30. The lowest BCUT2D eigenvalue weighted by molar-refractivity contribution is -0.134. The number of aromatic nitrogens is 2. The molecule has 2 heterocycles. The van der Waals surface area contributed by atoms with Crippen LogP contribution in [0.4, 0.5) is 5.95 Å². The fraction of sp³-hybridized carbons (Fsp3) is 0.471. The van der Waals surface area contributed by atoms with E-state index < -0.39 is 10.0 Å². The van der Waals surface area contributed by atoms with E-state index in [9.17, 15) is 18.0 Å². The van der Waals surface area contributed by atoms with Crippen LogP contribution in [0.5, 0.6) is 5.88 Å². The topological polar surface area (TPSA) is 122 Å². The summed E-state index contributed by atoms with van der Waals surface area (Å²) in [7, 11) is -2.34. The number of carbonyl (C=O) groups is 2. The molecule has 5 rings (SSSR count). The van der Waals surface area contributed by atoms with Gasteiger partial charge in [0.15, 0.2) is 0 Å². The lowest BCUT2D eigenvalue weighted by Gasteiger charge is -2.49. The molecule has 2 amide bonds. The Morgan fingerprint density at radius 3 is 2.38 bits per heavy atom. The van der Waals surface area contributed by atoms with Gasteiger partial charge in [-0.2, -0.15) is 4.98 Å². The van der Waals surface area contributed by atoms with E-state index in [0.717, 1.165) is 16.7 Å². The maximum Gasteiger partial charge on any atom is 0.264 e. The number of rotatable bonds is 5. The van der Waals surface area contributed by atoms with E-state index in [0.29, 0.717) is 31.4 Å². The normalized spacial score (nSPS) is 21.3. The van der Waals surface area contributed by atoms with Crippen LogP contribution in [0, 0.1) is 19.3 Å². The second-order valence-corrected chi connectivity index (χ2v) is 15.1. The summed E-state index contributed by atoms with van der Waals surface area (Å²) >= 11 is 0. The molecule has 10 nitrogen and oxygen atoms in total. The Bertz CT molecular complexity index is 1690. The number of hydrogen-bond acceptors (Lipinski definition) is 7. The molecule has 11 heteroatoms. The molecule has 0 saturated heterocycles. The SMILES string of the molecule is CCC(=O)N(C)C1CC(N2C(=O)c3cccc(c3)S(=O)(=O)Nc3nc(cc(-c4c(C)cccc4C)n3)OC[C@H]2CC(C)(C)C)C1. The highest BCUT2D eigenvalue weighted by molar-refractivity contribution is 7.92. The fourth-order valence-corrected chi connectivity index (χ4v) is 7.32. The van der Waals surface area contributed by atoms with E-state index in [4.69, 9.17) is 4.74 Å². The molecule has 1 aliphatic heterocycles. The Kier molecular flexibility index (Phi) is 8.95. The van der Waals surface area contributed by atoms with E-state index in [-0.39, 0.29) is 64.2 Å². The third-order valence-corrected chi connectivity index (χ3v) is 10.0. The van der Waals surface area contributed by atoms with Crippen LogP contribution in [-0.4, -0.2) is 71.8 Å². The predicted molar refractivity (Wildman–Crippen MR) is 174 cm³/mol. The van der Waals surface area contributed by atoms with Crippen molar-refractivity contribution in [1.82, 2.24) is 19.8 Å². The van der Waals surface area contributed by atoms with Gasteiger partial charge in [0, 0.05) is 42.7 Å². The molecule has 1 N–H and O–H groups in total. The highest BCUT2D eigenvalue weighted by atomic mass is 32.2. The zero-order chi connectivity index (χ0) is 32.7. The number of anilines is 1. The minimum Gasteiger partial charge on any atom is -0.475 e. The first-order valence-electron chi connectivity index (χ1n) is 15.5. The first kappa shape index (κ1) is 32.4. The molecule has 4 bridgehead atoms. The fourth-order valence-electron chi connectivity index (χ4n) is 6.33. The van der Waals surface area contributed by atoms with Gasteiger partial charge in [0.05, 0.1) is 16.6 Å². The minimum atomic E-state index is -4.15. The lowest BCUT2D eigenvalue weighted by atomic mass is 9.81. The molecule has 1 aliphatic carbocycles. The van der Waals surface area contributed by atoms with Crippen LogP contribution in [0.15, 0.2) is 53.4 Å². The molecule has 0 spiro atoms. The van der Waals surface area contributed by atoms with E-state index >= 15 is 0 Å². The molecule has 0 unspecified atom stereocenters. The number of amides is 2. The zero-order valence-corrected chi connectivity index (χ0v) is 27.9. The Labute approximate surface area is 266 Å². The number of carbonyl (C=O) groups excluding carboxylic acids is 2. The Morgan fingerprint density at radius 1 is 1.07 bits per heavy atom. The average molecular weight is 634 g/mol. The third kappa shape index (κ3) is 6.98.